The highest BCUT2D eigenvalue weighted by Gasteiger charge is 2.32. The van der Waals surface area contributed by atoms with Crippen molar-refractivity contribution in [3.63, 3.8) is 0 Å². The van der Waals surface area contributed by atoms with Crippen LogP contribution in [0.2, 0.25) is 0 Å². The van der Waals surface area contributed by atoms with Gasteiger partial charge in [-0.1, -0.05) is 13.8 Å². The first-order valence-corrected chi connectivity index (χ1v) is 4.39. The number of carboxylic acid groups (broad SMARTS) is 1. The summed E-state index contributed by atoms with van der Waals surface area (Å²) in [5, 5.41) is 28.9. The number of hydrogen-bond donors (Lipinski definition) is 4. The predicted octanol–water partition coefficient (Wildman–Crippen LogP) is -0.653. The number of hydrogen-bond acceptors (Lipinski definition) is 4. The minimum Gasteiger partial charge on any atom is -0.481 e. The minimum absolute atomic E-state index is 0.632. The maximum atomic E-state index is 11.8. The molecular weight excluding hydrogens is 214 g/mol. The molecule has 0 aromatic carbocycles. The van der Waals surface area contributed by atoms with E-state index in [9.17, 15) is 14.7 Å². The molecule has 0 bridgehead atoms. The number of carboxylic acids is 1. The summed E-state index contributed by atoms with van der Waals surface area (Å²) < 4.78 is 44.0. The smallest absolute Gasteiger partial charge is 0.303 e. The van der Waals surface area contributed by atoms with Crippen molar-refractivity contribution < 1.29 is 33.1 Å². The van der Waals surface area contributed by atoms with E-state index in [1.165, 1.54) is 19.2 Å². The van der Waals surface area contributed by atoms with E-state index in [2.05, 4.69) is 0 Å². The van der Waals surface area contributed by atoms with E-state index in [0.717, 1.165) is 0 Å². The summed E-state index contributed by atoms with van der Waals surface area (Å²) in [6.45, 7) is -1.48. The molecule has 6 nitrogen and oxygen atoms in total. The summed E-state index contributed by atoms with van der Waals surface area (Å²) in [5.74, 6) is -3.65. The van der Waals surface area contributed by atoms with E-state index >= 15 is 0 Å². The third kappa shape index (κ3) is 5.09. The molecule has 4 N–H and O–H groups in total. The maximum Gasteiger partial charge on any atom is 0.303 e. The fourth-order valence-electron chi connectivity index (χ4n) is 0.687. The molecule has 0 saturated carbocycles. The van der Waals surface area contributed by atoms with E-state index in [1.807, 2.05) is 0 Å². The van der Waals surface area contributed by atoms with Crippen molar-refractivity contribution in [2.75, 3.05) is 13.1 Å². The number of rotatable bonds is 7. The van der Waals surface area contributed by atoms with Crippen LogP contribution in [0.15, 0.2) is 0 Å². The van der Waals surface area contributed by atoms with Gasteiger partial charge in [0.15, 0.2) is 0 Å². The molecule has 0 aromatic rings. The van der Waals surface area contributed by atoms with Crippen molar-refractivity contribution in [2.24, 2.45) is 5.41 Å². The van der Waals surface area contributed by atoms with E-state index in [-0.39, 0.29) is 0 Å². The topological polar surface area (TPSA) is 107 Å². The monoisotopic (exact) mass is 239 g/mol. The van der Waals surface area contributed by atoms with E-state index < -0.39 is 49.2 Å². The Kier molecular flexibility index (Phi) is 2.91. The van der Waals surface area contributed by atoms with Crippen LogP contribution in [-0.2, 0) is 9.59 Å². The lowest BCUT2D eigenvalue weighted by atomic mass is 9.87. The van der Waals surface area contributed by atoms with Crippen LogP contribution in [0.4, 0.5) is 0 Å². The molecule has 0 aliphatic rings. The van der Waals surface area contributed by atoms with Gasteiger partial charge >= 0.3 is 5.97 Å². The number of aliphatic hydroxyl groups excluding tert-OH is 2. The van der Waals surface area contributed by atoms with Crippen LogP contribution in [0, 0.1) is 5.41 Å². The molecule has 16 heavy (non-hydrogen) atoms. The molecule has 0 radical (unpaired) electrons. The second-order valence-corrected chi connectivity index (χ2v) is 3.72. The molecule has 0 aromatic heterocycles. The average molecular weight is 239 g/mol. The van der Waals surface area contributed by atoms with Crippen molar-refractivity contribution in [1.29, 1.82) is 0 Å². The van der Waals surface area contributed by atoms with Gasteiger partial charge in [-0.15, -0.1) is 0 Å². The Morgan fingerprint density at radius 3 is 2.50 bits per heavy atom. The fourth-order valence-corrected chi connectivity index (χ4v) is 0.687. The van der Waals surface area contributed by atoms with Gasteiger partial charge in [0.1, 0.15) is 6.10 Å². The molecule has 6 heteroatoms. The zero-order chi connectivity index (χ0) is 18.1. The van der Waals surface area contributed by atoms with Crippen molar-refractivity contribution in [3.05, 3.63) is 0 Å². The zero-order valence-corrected chi connectivity index (χ0v) is 8.94. The molecule has 0 spiro atoms. The van der Waals surface area contributed by atoms with Gasteiger partial charge < -0.3 is 20.6 Å². The standard InChI is InChI=1S/C10H19NO5/c1-10(2,6-12)8(15)9(16)11-5-3-4-7(13)14/h8,12,15H,3-6H2,1-2H3,(H,11,16)(H,13,14)/t8-/m0/s1/i3D2,4D2,5D2. The van der Waals surface area contributed by atoms with Gasteiger partial charge in [-0.3, -0.25) is 9.59 Å². The highest BCUT2D eigenvalue weighted by Crippen LogP contribution is 2.19. The SMILES string of the molecule is [2H]C([2H])(NC(=O)[C@H](O)C(C)(C)CO)C([2H])([2H])C([2H])([2H])C(=O)O. The Bertz CT molecular complexity index is 453. The molecule has 1 atom stereocenters. The predicted molar refractivity (Wildman–Crippen MR) is 56.8 cm³/mol. The normalized spacial score (nSPS) is 21.5. The van der Waals surface area contributed by atoms with E-state index in [1.54, 1.807) is 0 Å². The van der Waals surface area contributed by atoms with Crippen LogP contribution < -0.4 is 5.32 Å². The Morgan fingerprint density at radius 2 is 2.06 bits per heavy atom. The number of aliphatic hydroxyl groups is 2. The van der Waals surface area contributed by atoms with Gasteiger partial charge in [0.05, 0.1) is 6.61 Å². The molecule has 94 valence electrons. The van der Waals surface area contributed by atoms with Crippen LogP contribution in [-0.4, -0.2) is 46.4 Å². The molecular formula is C10H19NO5. The second kappa shape index (κ2) is 6.44. The number of nitrogens with one attached hydrogen (secondary N) is 1. The largest absolute Gasteiger partial charge is 0.481 e. The Morgan fingerprint density at radius 1 is 1.50 bits per heavy atom. The van der Waals surface area contributed by atoms with Crippen molar-refractivity contribution in [3.8, 4) is 0 Å². The molecule has 1 amide bonds. The maximum absolute atomic E-state index is 11.8. The lowest BCUT2D eigenvalue weighted by Crippen LogP contribution is -2.45. The van der Waals surface area contributed by atoms with Crippen LogP contribution >= 0.6 is 0 Å². The van der Waals surface area contributed by atoms with Gasteiger partial charge in [0, 0.05) is 26.5 Å². The minimum atomic E-state index is -3.64. The quantitative estimate of drug-likeness (QED) is 0.472. The lowest BCUT2D eigenvalue weighted by Gasteiger charge is -2.27. The first kappa shape index (κ1) is 7.24. The molecule has 0 fully saturated rings. The van der Waals surface area contributed by atoms with Gasteiger partial charge in [0.25, 0.3) is 0 Å². The van der Waals surface area contributed by atoms with Gasteiger partial charge in [-0.25, -0.2) is 0 Å². The van der Waals surface area contributed by atoms with Gasteiger partial charge in [0.2, 0.25) is 5.91 Å². The highest BCUT2D eigenvalue weighted by molar-refractivity contribution is 5.81. The molecule has 0 saturated heterocycles. The van der Waals surface area contributed by atoms with Gasteiger partial charge in [-0.2, -0.15) is 0 Å². The van der Waals surface area contributed by atoms with Crippen molar-refractivity contribution in [2.45, 2.75) is 32.7 Å². The Hall–Kier alpha value is -1.14. The second-order valence-electron chi connectivity index (χ2n) is 3.72. The summed E-state index contributed by atoms with van der Waals surface area (Å²) >= 11 is 0. The average Bonchev–Trinajstić information content (AvgIpc) is 2.36. The summed E-state index contributed by atoms with van der Waals surface area (Å²) in [4.78, 5) is 22.5. The van der Waals surface area contributed by atoms with E-state index in [0.29, 0.717) is 0 Å². The van der Waals surface area contributed by atoms with Crippen LogP contribution in [0.3, 0.4) is 0 Å². The van der Waals surface area contributed by atoms with Gasteiger partial charge in [-0.05, 0) is 6.37 Å². The molecule has 0 aliphatic heterocycles. The third-order valence-corrected chi connectivity index (χ3v) is 1.81. The number of carbonyl (C=O) groups is 2. The highest BCUT2D eigenvalue weighted by atomic mass is 16.4. The summed E-state index contributed by atoms with van der Waals surface area (Å²) in [6.07, 6.45) is -9.19. The first-order chi connectivity index (χ1) is 9.54. The third-order valence-electron chi connectivity index (χ3n) is 1.81. The zero-order valence-electron chi connectivity index (χ0n) is 14.9. The van der Waals surface area contributed by atoms with Crippen LogP contribution in [0.1, 0.15) is 34.8 Å². The number of amides is 1. The first-order valence-electron chi connectivity index (χ1n) is 7.39. The molecule has 0 rings (SSSR count). The number of carbonyl (C=O) groups excluding carboxylic acids is 1. The summed E-state index contributed by atoms with van der Waals surface area (Å²) in [7, 11) is 0. The summed E-state index contributed by atoms with van der Waals surface area (Å²) in [6, 6.07) is 0. The summed E-state index contributed by atoms with van der Waals surface area (Å²) in [5.41, 5.74) is -1.36. The van der Waals surface area contributed by atoms with Crippen molar-refractivity contribution in [1.82, 2.24) is 5.32 Å². The Balaban J connectivity index is 5.43. The molecule has 0 unspecified atom stereocenters. The molecule has 0 aliphatic carbocycles. The van der Waals surface area contributed by atoms with Crippen molar-refractivity contribution >= 4 is 11.9 Å². The van der Waals surface area contributed by atoms with Crippen LogP contribution in [0.5, 0.6) is 0 Å². The van der Waals surface area contributed by atoms with Crippen LogP contribution in [0.25, 0.3) is 0 Å². The fraction of sp³-hybridized carbons (Fsp3) is 0.800. The number of aliphatic carboxylic acids is 1. The Labute approximate surface area is 103 Å². The molecule has 0 heterocycles. The van der Waals surface area contributed by atoms with E-state index in [4.69, 9.17) is 18.4 Å². The lowest BCUT2D eigenvalue weighted by molar-refractivity contribution is -0.139.